The van der Waals surface area contributed by atoms with Crippen molar-refractivity contribution in [2.75, 3.05) is 19.0 Å². The molecule has 3 heteroatoms. The molecule has 0 aliphatic carbocycles. The molecule has 0 amide bonds. The third-order valence-corrected chi connectivity index (χ3v) is 3.32. The second kappa shape index (κ2) is 7.08. The van der Waals surface area contributed by atoms with Gasteiger partial charge in [-0.1, -0.05) is 42.5 Å². The number of benzene rings is 2. The van der Waals surface area contributed by atoms with Crippen LogP contribution < -0.4 is 5.32 Å². The first-order chi connectivity index (χ1) is 9.74. The summed E-state index contributed by atoms with van der Waals surface area (Å²) in [5, 5.41) is 13.1. The Morgan fingerprint density at radius 2 is 1.95 bits per heavy atom. The van der Waals surface area contributed by atoms with Crippen molar-refractivity contribution in [1.29, 1.82) is 0 Å². The molecule has 2 aromatic carbocycles. The summed E-state index contributed by atoms with van der Waals surface area (Å²) in [5.74, 6) is 0. The Balaban J connectivity index is 2.20. The Bertz CT molecular complexity index is 554. The number of methoxy groups -OCH3 is 1. The highest BCUT2D eigenvalue weighted by atomic mass is 16.5. The highest BCUT2D eigenvalue weighted by Gasteiger charge is 2.11. The monoisotopic (exact) mass is 271 g/mol. The Labute approximate surface area is 120 Å². The van der Waals surface area contributed by atoms with Crippen LogP contribution in [0.3, 0.4) is 0 Å². The smallest absolute Gasteiger partial charge is 0.0745 e. The largest absolute Gasteiger partial charge is 0.394 e. The van der Waals surface area contributed by atoms with Gasteiger partial charge in [0.1, 0.15) is 0 Å². The van der Waals surface area contributed by atoms with Crippen LogP contribution in [0.1, 0.15) is 22.7 Å². The molecule has 0 saturated carbocycles. The second-order valence-corrected chi connectivity index (χ2v) is 4.87. The van der Waals surface area contributed by atoms with Gasteiger partial charge in [-0.2, -0.15) is 0 Å². The molecule has 2 N–H and O–H groups in total. The molecule has 20 heavy (non-hydrogen) atoms. The number of ether oxygens (including phenoxy) is 1. The first-order valence-electron chi connectivity index (χ1n) is 6.75. The van der Waals surface area contributed by atoms with E-state index in [0.29, 0.717) is 6.61 Å². The van der Waals surface area contributed by atoms with Crippen molar-refractivity contribution in [1.82, 2.24) is 0 Å². The normalized spacial score (nSPS) is 12.2. The van der Waals surface area contributed by atoms with Crippen molar-refractivity contribution in [3.8, 4) is 0 Å². The number of hydrogen-bond donors (Lipinski definition) is 2. The zero-order valence-electron chi connectivity index (χ0n) is 12.0. The van der Waals surface area contributed by atoms with Crippen LogP contribution >= 0.6 is 0 Å². The Hall–Kier alpha value is -1.84. The molecular weight excluding hydrogens is 250 g/mol. The van der Waals surface area contributed by atoms with Crippen LogP contribution in [0.4, 0.5) is 5.69 Å². The van der Waals surface area contributed by atoms with Gasteiger partial charge < -0.3 is 15.2 Å². The van der Waals surface area contributed by atoms with Crippen molar-refractivity contribution in [3.63, 3.8) is 0 Å². The van der Waals surface area contributed by atoms with Gasteiger partial charge in [0.15, 0.2) is 0 Å². The average molecular weight is 271 g/mol. The quantitative estimate of drug-likeness (QED) is 0.847. The van der Waals surface area contributed by atoms with Crippen molar-refractivity contribution < 1.29 is 9.84 Å². The van der Waals surface area contributed by atoms with Crippen molar-refractivity contribution in [3.05, 3.63) is 65.2 Å². The van der Waals surface area contributed by atoms with Crippen LogP contribution in [0.15, 0.2) is 48.5 Å². The number of aryl methyl sites for hydroxylation is 1. The number of anilines is 1. The maximum Gasteiger partial charge on any atom is 0.0745 e. The SMILES string of the molecule is COCc1cccc(C(CO)Nc2ccccc2C)c1. The lowest BCUT2D eigenvalue weighted by Gasteiger charge is -2.20. The molecule has 0 radical (unpaired) electrons. The number of hydrogen-bond acceptors (Lipinski definition) is 3. The minimum absolute atomic E-state index is 0.0464. The zero-order valence-corrected chi connectivity index (χ0v) is 12.0. The van der Waals surface area contributed by atoms with E-state index >= 15 is 0 Å². The summed E-state index contributed by atoms with van der Waals surface area (Å²) in [7, 11) is 1.68. The summed E-state index contributed by atoms with van der Waals surface area (Å²) < 4.78 is 5.15. The zero-order chi connectivity index (χ0) is 14.4. The first-order valence-corrected chi connectivity index (χ1v) is 6.75. The van der Waals surface area contributed by atoms with Crippen molar-refractivity contribution >= 4 is 5.69 Å². The standard InChI is InChI=1S/C17H21NO2/c1-13-6-3-4-9-16(13)18-17(11-19)15-8-5-7-14(10-15)12-20-2/h3-10,17-19H,11-12H2,1-2H3. The summed E-state index contributed by atoms with van der Waals surface area (Å²) in [6.45, 7) is 2.68. The van der Waals surface area contributed by atoms with Gasteiger partial charge in [-0.25, -0.2) is 0 Å². The van der Waals surface area contributed by atoms with Crippen LogP contribution in [-0.4, -0.2) is 18.8 Å². The van der Waals surface area contributed by atoms with E-state index in [1.807, 2.05) is 36.4 Å². The molecule has 0 bridgehead atoms. The van der Waals surface area contributed by atoms with Gasteiger partial charge in [0, 0.05) is 12.8 Å². The first kappa shape index (κ1) is 14.6. The molecule has 106 valence electrons. The maximum absolute atomic E-state index is 9.66. The molecule has 0 heterocycles. The number of rotatable bonds is 6. The predicted molar refractivity (Wildman–Crippen MR) is 81.8 cm³/mol. The van der Waals surface area contributed by atoms with Crippen LogP contribution in [-0.2, 0) is 11.3 Å². The molecule has 2 aromatic rings. The van der Waals surface area contributed by atoms with E-state index in [-0.39, 0.29) is 12.6 Å². The topological polar surface area (TPSA) is 41.5 Å². The van der Waals surface area contributed by atoms with Gasteiger partial charge in [-0.3, -0.25) is 0 Å². The number of aliphatic hydroxyl groups excluding tert-OH is 1. The van der Waals surface area contributed by atoms with Gasteiger partial charge in [0.25, 0.3) is 0 Å². The molecule has 1 atom stereocenters. The van der Waals surface area contributed by atoms with Crippen LogP contribution in [0.25, 0.3) is 0 Å². The van der Waals surface area contributed by atoms with Gasteiger partial charge >= 0.3 is 0 Å². The fraction of sp³-hybridized carbons (Fsp3) is 0.294. The molecule has 0 aliphatic rings. The molecule has 3 nitrogen and oxygen atoms in total. The van der Waals surface area contributed by atoms with Crippen LogP contribution in [0.2, 0.25) is 0 Å². The molecule has 0 fully saturated rings. The van der Waals surface area contributed by atoms with E-state index in [1.165, 1.54) is 5.56 Å². The third kappa shape index (κ3) is 3.59. The maximum atomic E-state index is 9.66. The second-order valence-electron chi connectivity index (χ2n) is 4.87. The molecule has 0 saturated heterocycles. The summed E-state index contributed by atoms with van der Waals surface area (Å²) >= 11 is 0. The molecule has 1 unspecified atom stereocenters. The summed E-state index contributed by atoms with van der Waals surface area (Å²) in [5.41, 5.74) is 4.38. The minimum Gasteiger partial charge on any atom is -0.394 e. The van der Waals surface area contributed by atoms with Crippen molar-refractivity contribution in [2.24, 2.45) is 0 Å². The van der Waals surface area contributed by atoms with Gasteiger partial charge in [0.05, 0.1) is 19.3 Å². The Morgan fingerprint density at radius 1 is 1.15 bits per heavy atom. The van der Waals surface area contributed by atoms with E-state index in [9.17, 15) is 5.11 Å². The highest BCUT2D eigenvalue weighted by Crippen LogP contribution is 2.22. The Morgan fingerprint density at radius 3 is 2.65 bits per heavy atom. The van der Waals surface area contributed by atoms with Gasteiger partial charge in [-0.05, 0) is 29.7 Å². The van der Waals surface area contributed by atoms with E-state index in [4.69, 9.17) is 4.74 Å². The van der Waals surface area contributed by atoms with Crippen molar-refractivity contribution in [2.45, 2.75) is 19.6 Å². The van der Waals surface area contributed by atoms with Crippen LogP contribution in [0, 0.1) is 6.92 Å². The fourth-order valence-electron chi connectivity index (χ4n) is 2.22. The lowest BCUT2D eigenvalue weighted by Crippen LogP contribution is -2.15. The average Bonchev–Trinajstić information content (AvgIpc) is 2.47. The lowest BCUT2D eigenvalue weighted by molar-refractivity contribution is 0.184. The molecule has 0 aromatic heterocycles. The highest BCUT2D eigenvalue weighted by molar-refractivity contribution is 5.52. The lowest BCUT2D eigenvalue weighted by atomic mass is 10.0. The number of para-hydroxylation sites is 1. The van der Waals surface area contributed by atoms with E-state index in [1.54, 1.807) is 7.11 Å². The minimum atomic E-state index is -0.118. The van der Waals surface area contributed by atoms with E-state index in [2.05, 4.69) is 24.4 Å². The fourth-order valence-corrected chi connectivity index (χ4v) is 2.22. The molecule has 2 rings (SSSR count). The number of nitrogens with one attached hydrogen (secondary N) is 1. The van der Waals surface area contributed by atoms with E-state index in [0.717, 1.165) is 16.8 Å². The molecule has 0 spiro atoms. The summed E-state index contributed by atoms with van der Waals surface area (Å²) in [6.07, 6.45) is 0. The predicted octanol–water partition coefficient (Wildman–Crippen LogP) is 3.29. The van der Waals surface area contributed by atoms with E-state index < -0.39 is 0 Å². The van der Waals surface area contributed by atoms with Gasteiger partial charge in [-0.15, -0.1) is 0 Å². The van der Waals surface area contributed by atoms with Crippen LogP contribution in [0.5, 0.6) is 0 Å². The molecule has 0 aliphatic heterocycles. The summed E-state index contributed by atoms with van der Waals surface area (Å²) in [6, 6.07) is 16.1. The third-order valence-electron chi connectivity index (χ3n) is 3.32. The van der Waals surface area contributed by atoms with Gasteiger partial charge in [0.2, 0.25) is 0 Å². The number of aliphatic hydroxyl groups is 1. The summed E-state index contributed by atoms with van der Waals surface area (Å²) in [4.78, 5) is 0. The molecular formula is C17H21NO2. The Kier molecular flexibility index (Phi) is 5.16.